The van der Waals surface area contributed by atoms with Crippen molar-refractivity contribution in [3.05, 3.63) is 47.5 Å². The third kappa shape index (κ3) is 3.53. The third-order valence-corrected chi connectivity index (χ3v) is 5.66. The fraction of sp³-hybridized carbons (Fsp3) is 0.381. The lowest BCUT2D eigenvalue weighted by molar-refractivity contribution is -0.144. The molecule has 1 aromatic carbocycles. The minimum absolute atomic E-state index is 0.0767. The molecule has 4 atom stereocenters. The van der Waals surface area contributed by atoms with Crippen LogP contribution in [0.4, 0.5) is 13.2 Å². The number of hydrogen-bond acceptors (Lipinski definition) is 3. The number of carbonyl (C=O) groups excluding carboxylic acids is 3. The van der Waals surface area contributed by atoms with Crippen molar-refractivity contribution in [1.82, 2.24) is 10.2 Å². The first kappa shape index (κ1) is 19.2. The molecule has 0 spiro atoms. The zero-order valence-electron chi connectivity index (χ0n) is 15.2. The van der Waals surface area contributed by atoms with Gasteiger partial charge in [0, 0.05) is 5.56 Å². The summed E-state index contributed by atoms with van der Waals surface area (Å²) in [6.07, 6.45) is 0.319. The molecule has 4 rings (SSSR count). The Balaban J connectivity index is 1.31. The van der Waals surface area contributed by atoms with Gasteiger partial charge in [-0.2, -0.15) is 13.2 Å². The predicted molar refractivity (Wildman–Crippen MR) is 95.8 cm³/mol. The van der Waals surface area contributed by atoms with Crippen LogP contribution in [0, 0.1) is 35.5 Å². The summed E-state index contributed by atoms with van der Waals surface area (Å²) >= 11 is 0. The Bertz CT molecular complexity index is 943. The molecule has 2 bridgehead atoms. The van der Waals surface area contributed by atoms with Crippen molar-refractivity contribution in [2.45, 2.75) is 12.6 Å². The molecule has 3 aliphatic rings. The Morgan fingerprint density at radius 2 is 1.79 bits per heavy atom. The van der Waals surface area contributed by atoms with E-state index in [-0.39, 0.29) is 54.1 Å². The summed E-state index contributed by atoms with van der Waals surface area (Å²) in [7, 11) is 0. The molecule has 29 heavy (non-hydrogen) atoms. The molecule has 5 nitrogen and oxygen atoms in total. The first-order chi connectivity index (χ1) is 13.8. The maximum absolute atomic E-state index is 12.7. The van der Waals surface area contributed by atoms with Gasteiger partial charge in [-0.25, -0.2) is 0 Å². The molecule has 150 valence electrons. The molecule has 2 aliphatic carbocycles. The van der Waals surface area contributed by atoms with Gasteiger partial charge >= 0.3 is 6.18 Å². The number of fused-ring (bicyclic) bond motifs is 5. The van der Waals surface area contributed by atoms with Gasteiger partial charge in [-0.1, -0.05) is 30.1 Å². The molecule has 1 N–H and O–H groups in total. The Kier molecular flexibility index (Phi) is 4.69. The number of alkyl halides is 3. The molecule has 8 heteroatoms. The number of nitrogens with zero attached hydrogens (tertiary/aromatic N) is 1. The van der Waals surface area contributed by atoms with E-state index in [9.17, 15) is 27.6 Å². The molecule has 1 saturated heterocycles. The molecular formula is C21H17F3N2O3. The van der Waals surface area contributed by atoms with E-state index >= 15 is 0 Å². The van der Waals surface area contributed by atoms with Crippen LogP contribution in [0.25, 0.3) is 0 Å². The Morgan fingerprint density at radius 3 is 2.41 bits per heavy atom. The van der Waals surface area contributed by atoms with Gasteiger partial charge in [-0.05, 0) is 36.5 Å². The van der Waals surface area contributed by atoms with Crippen molar-refractivity contribution >= 4 is 17.7 Å². The molecule has 1 saturated carbocycles. The summed E-state index contributed by atoms with van der Waals surface area (Å²) in [4.78, 5) is 38.2. The molecule has 0 radical (unpaired) electrons. The number of imide groups is 1. The number of halogens is 3. The maximum atomic E-state index is 12.7. The van der Waals surface area contributed by atoms with Gasteiger partial charge < -0.3 is 5.32 Å². The van der Waals surface area contributed by atoms with Crippen molar-refractivity contribution in [1.29, 1.82) is 0 Å². The molecular weight excluding hydrogens is 385 g/mol. The standard InChI is InChI=1S/C21H17F3N2O3/c22-21(23,24)15-5-1-3-12(9-15)4-2-8-25-16(27)11-26-19(28)17-13-6-7-14(10-13)18(17)20(26)29/h1,3,5-7,9,13-14,17-18H,8,10-11H2,(H,25,27). The van der Waals surface area contributed by atoms with Gasteiger partial charge in [0.1, 0.15) is 6.54 Å². The Morgan fingerprint density at radius 1 is 1.14 bits per heavy atom. The Labute approximate surface area is 164 Å². The van der Waals surface area contributed by atoms with Crippen molar-refractivity contribution in [3.8, 4) is 11.8 Å². The molecule has 0 aromatic heterocycles. The molecule has 3 amide bonds. The van der Waals surface area contributed by atoms with Crippen LogP contribution in [0.2, 0.25) is 0 Å². The number of carbonyl (C=O) groups is 3. The van der Waals surface area contributed by atoms with Crippen molar-refractivity contribution < 1.29 is 27.6 Å². The van der Waals surface area contributed by atoms with Crippen molar-refractivity contribution in [2.24, 2.45) is 23.7 Å². The number of hydrogen-bond donors (Lipinski definition) is 1. The first-order valence-electron chi connectivity index (χ1n) is 9.22. The van der Waals surface area contributed by atoms with E-state index < -0.39 is 17.6 Å². The van der Waals surface area contributed by atoms with E-state index in [0.29, 0.717) is 0 Å². The Hall–Kier alpha value is -3.08. The highest BCUT2D eigenvalue weighted by atomic mass is 19.4. The normalized spacial score (nSPS) is 27.1. The van der Waals surface area contributed by atoms with Crippen LogP contribution >= 0.6 is 0 Å². The second kappa shape index (κ2) is 7.07. The summed E-state index contributed by atoms with van der Waals surface area (Å²) in [5.74, 6) is 3.43. The lowest BCUT2D eigenvalue weighted by Crippen LogP contribution is -2.41. The van der Waals surface area contributed by atoms with Gasteiger partial charge in [0.05, 0.1) is 23.9 Å². The van der Waals surface area contributed by atoms with E-state index in [0.717, 1.165) is 23.5 Å². The molecule has 1 aromatic rings. The fourth-order valence-electron chi connectivity index (χ4n) is 4.38. The number of allylic oxidation sites excluding steroid dienone is 2. The van der Waals surface area contributed by atoms with Crippen LogP contribution in [0.3, 0.4) is 0 Å². The zero-order chi connectivity index (χ0) is 20.8. The van der Waals surface area contributed by atoms with Gasteiger partial charge in [0.15, 0.2) is 0 Å². The van der Waals surface area contributed by atoms with Crippen LogP contribution in [-0.2, 0) is 20.6 Å². The monoisotopic (exact) mass is 402 g/mol. The van der Waals surface area contributed by atoms with Crippen LogP contribution in [-0.4, -0.2) is 35.7 Å². The highest BCUT2D eigenvalue weighted by molar-refractivity contribution is 6.08. The molecule has 1 aliphatic heterocycles. The highest BCUT2D eigenvalue weighted by Crippen LogP contribution is 2.52. The number of amides is 3. The van der Waals surface area contributed by atoms with Gasteiger partial charge in [-0.15, -0.1) is 0 Å². The molecule has 2 fully saturated rings. The molecule has 4 unspecified atom stereocenters. The summed E-state index contributed by atoms with van der Waals surface area (Å²) in [6, 6.07) is 4.58. The van der Waals surface area contributed by atoms with E-state index in [2.05, 4.69) is 17.2 Å². The van der Waals surface area contributed by atoms with Crippen LogP contribution in [0.5, 0.6) is 0 Å². The largest absolute Gasteiger partial charge is 0.416 e. The summed E-state index contributed by atoms with van der Waals surface area (Å²) in [5, 5.41) is 2.47. The minimum atomic E-state index is -4.45. The quantitative estimate of drug-likeness (QED) is 0.478. The highest BCUT2D eigenvalue weighted by Gasteiger charge is 2.59. The van der Waals surface area contributed by atoms with E-state index in [1.54, 1.807) is 0 Å². The zero-order valence-corrected chi connectivity index (χ0v) is 15.2. The first-order valence-corrected chi connectivity index (χ1v) is 9.22. The third-order valence-electron chi connectivity index (χ3n) is 5.66. The second-order valence-electron chi connectivity index (χ2n) is 7.42. The van der Waals surface area contributed by atoms with Crippen molar-refractivity contribution in [3.63, 3.8) is 0 Å². The van der Waals surface area contributed by atoms with Gasteiger partial charge in [0.25, 0.3) is 0 Å². The fourth-order valence-corrected chi connectivity index (χ4v) is 4.38. The van der Waals surface area contributed by atoms with Crippen molar-refractivity contribution in [2.75, 3.05) is 13.1 Å². The SMILES string of the molecule is O=C(CN1C(=O)C2C3C=CC(C3)C2C1=O)NCC#Cc1cccc(C(F)(F)F)c1. The van der Waals surface area contributed by atoms with Crippen LogP contribution in [0.15, 0.2) is 36.4 Å². The van der Waals surface area contributed by atoms with Gasteiger partial charge in [-0.3, -0.25) is 19.3 Å². The van der Waals surface area contributed by atoms with Gasteiger partial charge in [0.2, 0.25) is 17.7 Å². The second-order valence-corrected chi connectivity index (χ2v) is 7.42. The van der Waals surface area contributed by atoms with E-state index in [1.807, 2.05) is 12.2 Å². The summed E-state index contributed by atoms with van der Waals surface area (Å²) < 4.78 is 38.1. The minimum Gasteiger partial charge on any atom is -0.344 e. The smallest absolute Gasteiger partial charge is 0.344 e. The summed E-state index contributed by atoms with van der Waals surface area (Å²) in [5.41, 5.74) is -0.622. The molecule has 1 heterocycles. The maximum Gasteiger partial charge on any atom is 0.416 e. The average Bonchev–Trinajstić information content (AvgIpc) is 3.35. The lowest BCUT2D eigenvalue weighted by Gasteiger charge is -2.16. The number of rotatable bonds is 3. The average molecular weight is 402 g/mol. The number of nitrogens with one attached hydrogen (secondary N) is 1. The number of likely N-dealkylation sites (tertiary alicyclic amines) is 1. The topological polar surface area (TPSA) is 66.5 Å². The number of benzene rings is 1. The van der Waals surface area contributed by atoms with E-state index in [4.69, 9.17) is 0 Å². The lowest BCUT2D eigenvalue weighted by atomic mass is 9.85. The van der Waals surface area contributed by atoms with Crippen LogP contribution in [0.1, 0.15) is 17.5 Å². The van der Waals surface area contributed by atoms with E-state index in [1.165, 1.54) is 12.1 Å². The van der Waals surface area contributed by atoms with Crippen LogP contribution < -0.4 is 5.32 Å². The predicted octanol–water partition coefficient (Wildman–Crippen LogP) is 1.98. The summed E-state index contributed by atoms with van der Waals surface area (Å²) in [6.45, 7) is -0.472.